The lowest BCUT2D eigenvalue weighted by atomic mass is 10.1. The molecular formula is C23H28N4OS. The topological polar surface area (TPSA) is 48.5 Å². The second-order valence-corrected chi connectivity index (χ2v) is 8.88. The Morgan fingerprint density at radius 3 is 2.48 bits per heavy atom. The van der Waals surface area contributed by atoms with Crippen molar-refractivity contribution < 1.29 is 4.79 Å². The fraction of sp³-hybridized carbons (Fsp3) is 0.391. The van der Waals surface area contributed by atoms with Crippen LogP contribution in [-0.4, -0.2) is 55.1 Å². The van der Waals surface area contributed by atoms with Gasteiger partial charge in [-0.05, 0) is 50.1 Å². The van der Waals surface area contributed by atoms with Crippen LogP contribution < -0.4 is 10.2 Å². The van der Waals surface area contributed by atoms with Crippen LogP contribution in [0, 0.1) is 20.8 Å². The predicted octanol–water partition coefficient (Wildman–Crippen LogP) is 3.77. The minimum Gasteiger partial charge on any atom is -0.351 e. The Morgan fingerprint density at radius 2 is 1.76 bits per heavy atom. The van der Waals surface area contributed by atoms with Gasteiger partial charge in [0, 0.05) is 44.8 Å². The summed E-state index contributed by atoms with van der Waals surface area (Å²) in [5, 5.41) is 4.16. The second kappa shape index (κ2) is 8.51. The smallest absolute Gasteiger partial charge is 0.251 e. The van der Waals surface area contributed by atoms with E-state index < -0.39 is 0 Å². The maximum Gasteiger partial charge on any atom is 0.251 e. The normalized spacial score (nSPS) is 15.1. The van der Waals surface area contributed by atoms with Crippen molar-refractivity contribution in [3.05, 3.63) is 58.7 Å². The largest absolute Gasteiger partial charge is 0.351 e. The van der Waals surface area contributed by atoms with Gasteiger partial charge < -0.3 is 10.2 Å². The monoisotopic (exact) mass is 408 g/mol. The first-order valence-electron chi connectivity index (χ1n) is 10.2. The molecule has 6 heteroatoms. The summed E-state index contributed by atoms with van der Waals surface area (Å²) < 4.78 is 1.28. The molecular weight excluding hydrogens is 380 g/mol. The quantitative estimate of drug-likeness (QED) is 0.698. The Balaban J connectivity index is 1.27. The standard InChI is InChI=1S/C23H28N4OS/c1-16-4-6-19(7-5-16)22(28)24-8-9-26-10-12-27(13-11-26)23-25-21-18(3)14-17(2)15-20(21)29-23/h4-7,14-15H,8-13H2,1-3H3,(H,24,28). The van der Waals surface area contributed by atoms with Crippen molar-refractivity contribution in [2.75, 3.05) is 44.2 Å². The molecule has 0 bridgehead atoms. The van der Waals surface area contributed by atoms with E-state index in [1.807, 2.05) is 31.2 Å². The first-order valence-corrected chi connectivity index (χ1v) is 11.0. The molecule has 1 aliphatic heterocycles. The Kier molecular flexibility index (Phi) is 5.83. The van der Waals surface area contributed by atoms with Gasteiger partial charge in [-0.3, -0.25) is 9.69 Å². The molecule has 0 radical (unpaired) electrons. The van der Waals surface area contributed by atoms with Gasteiger partial charge in [0.15, 0.2) is 5.13 Å². The molecule has 1 amide bonds. The Bertz CT molecular complexity index is 1000. The molecule has 5 nitrogen and oxygen atoms in total. The van der Waals surface area contributed by atoms with Crippen LogP contribution in [0.1, 0.15) is 27.0 Å². The minimum absolute atomic E-state index is 0.00350. The summed E-state index contributed by atoms with van der Waals surface area (Å²) >= 11 is 1.79. The lowest BCUT2D eigenvalue weighted by molar-refractivity contribution is 0.0948. The number of fused-ring (bicyclic) bond motifs is 1. The van der Waals surface area contributed by atoms with Gasteiger partial charge in [-0.1, -0.05) is 35.1 Å². The Hall–Kier alpha value is -2.44. The van der Waals surface area contributed by atoms with Crippen molar-refractivity contribution in [1.82, 2.24) is 15.2 Å². The van der Waals surface area contributed by atoms with Gasteiger partial charge >= 0.3 is 0 Å². The molecule has 0 atom stereocenters. The summed E-state index contributed by atoms with van der Waals surface area (Å²) in [4.78, 5) is 21.9. The summed E-state index contributed by atoms with van der Waals surface area (Å²) in [7, 11) is 0. The van der Waals surface area contributed by atoms with Crippen molar-refractivity contribution >= 4 is 32.6 Å². The molecule has 4 rings (SSSR count). The number of nitrogens with one attached hydrogen (secondary N) is 1. The van der Waals surface area contributed by atoms with Crippen LogP contribution in [0.3, 0.4) is 0 Å². The molecule has 0 unspecified atom stereocenters. The highest BCUT2D eigenvalue weighted by Crippen LogP contribution is 2.32. The third kappa shape index (κ3) is 4.60. The Morgan fingerprint density at radius 1 is 1.03 bits per heavy atom. The number of carbonyl (C=O) groups is 1. The third-order valence-corrected chi connectivity index (χ3v) is 6.55. The zero-order chi connectivity index (χ0) is 20.4. The van der Waals surface area contributed by atoms with E-state index in [1.165, 1.54) is 15.8 Å². The van der Waals surface area contributed by atoms with Gasteiger partial charge in [0.1, 0.15) is 0 Å². The van der Waals surface area contributed by atoms with Gasteiger partial charge in [-0.2, -0.15) is 0 Å². The van der Waals surface area contributed by atoms with Crippen LogP contribution in [0.15, 0.2) is 36.4 Å². The maximum absolute atomic E-state index is 12.2. The zero-order valence-corrected chi connectivity index (χ0v) is 18.2. The molecule has 0 aliphatic carbocycles. The maximum atomic E-state index is 12.2. The predicted molar refractivity (Wildman–Crippen MR) is 121 cm³/mol. The van der Waals surface area contributed by atoms with E-state index in [0.717, 1.165) is 54.5 Å². The van der Waals surface area contributed by atoms with E-state index in [-0.39, 0.29) is 5.91 Å². The number of thiazole rings is 1. The fourth-order valence-electron chi connectivity index (χ4n) is 3.79. The van der Waals surface area contributed by atoms with Crippen molar-refractivity contribution in [2.24, 2.45) is 0 Å². The number of amides is 1. The van der Waals surface area contributed by atoms with Crippen molar-refractivity contribution in [2.45, 2.75) is 20.8 Å². The first-order chi connectivity index (χ1) is 14.0. The number of carbonyl (C=O) groups excluding carboxylic acids is 1. The molecule has 1 fully saturated rings. The minimum atomic E-state index is 0.00350. The number of hydrogen-bond acceptors (Lipinski definition) is 5. The molecule has 29 heavy (non-hydrogen) atoms. The van der Waals surface area contributed by atoms with Crippen LogP contribution in [0.4, 0.5) is 5.13 Å². The van der Waals surface area contributed by atoms with Gasteiger partial charge in [-0.15, -0.1) is 0 Å². The molecule has 3 aromatic rings. The van der Waals surface area contributed by atoms with Crippen molar-refractivity contribution in [3.8, 4) is 0 Å². The van der Waals surface area contributed by atoms with Crippen molar-refractivity contribution in [3.63, 3.8) is 0 Å². The number of aryl methyl sites for hydroxylation is 3. The van der Waals surface area contributed by atoms with E-state index in [1.54, 1.807) is 11.3 Å². The number of hydrogen-bond donors (Lipinski definition) is 1. The van der Waals surface area contributed by atoms with Gasteiger partial charge in [0.2, 0.25) is 0 Å². The van der Waals surface area contributed by atoms with E-state index in [0.29, 0.717) is 6.54 Å². The molecule has 1 aromatic heterocycles. The molecule has 2 aromatic carbocycles. The summed E-state index contributed by atoms with van der Waals surface area (Å²) in [5.74, 6) is 0.00350. The van der Waals surface area contributed by atoms with Gasteiger partial charge in [0.25, 0.3) is 5.91 Å². The van der Waals surface area contributed by atoms with Gasteiger partial charge in [0.05, 0.1) is 10.2 Å². The molecule has 1 aliphatic rings. The number of aromatic nitrogens is 1. The highest BCUT2D eigenvalue weighted by atomic mass is 32.1. The average Bonchev–Trinajstić information content (AvgIpc) is 3.13. The lowest BCUT2D eigenvalue weighted by Gasteiger charge is -2.34. The zero-order valence-electron chi connectivity index (χ0n) is 17.4. The molecule has 1 N–H and O–H groups in total. The van der Waals surface area contributed by atoms with Crippen LogP contribution in [-0.2, 0) is 0 Å². The molecule has 152 valence electrons. The SMILES string of the molecule is Cc1ccc(C(=O)NCCN2CCN(c3nc4c(C)cc(C)cc4s3)CC2)cc1. The third-order valence-electron chi connectivity index (χ3n) is 5.49. The number of piperazine rings is 1. The number of anilines is 1. The van der Waals surface area contributed by atoms with E-state index in [4.69, 9.17) is 4.98 Å². The summed E-state index contributed by atoms with van der Waals surface area (Å²) in [6.07, 6.45) is 0. The van der Waals surface area contributed by atoms with Crippen LogP contribution in [0.25, 0.3) is 10.2 Å². The van der Waals surface area contributed by atoms with E-state index in [2.05, 4.69) is 41.1 Å². The highest BCUT2D eigenvalue weighted by Gasteiger charge is 2.20. The second-order valence-electron chi connectivity index (χ2n) is 7.88. The summed E-state index contributed by atoms with van der Waals surface area (Å²) in [6, 6.07) is 12.1. The van der Waals surface area contributed by atoms with Crippen LogP contribution in [0.5, 0.6) is 0 Å². The summed E-state index contributed by atoms with van der Waals surface area (Å²) in [6.45, 7) is 11.8. The first kappa shape index (κ1) is 19.9. The number of benzene rings is 2. The van der Waals surface area contributed by atoms with E-state index >= 15 is 0 Å². The highest BCUT2D eigenvalue weighted by molar-refractivity contribution is 7.22. The van der Waals surface area contributed by atoms with Gasteiger partial charge in [-0.25, -0.2) is 4.98 Å². The van der Waals surface area contributed by atoms with Crippen LogP contribution in [0.2, 0.25) is 0 Å². The fourth-order valence-corrected chi connectivity index (χ4v) is 4.98. The molecule has 0 spiro atoms. The average molecular weight is 409 g/mol. The molecule has 2 heterocycles. The number of rotatable bonds is 5. The van der Waals surface area contributed by atoms with Crippen molar-refractivity contribution in [1.29, 1.82) is 0 Å². The number of nitrogens with zero attached hydrogens (tertiary/aromatic N) is 3. The summed E-state index contributed by atoms with van der Waals surface area (Å²) in [5.41, 5.74) is 5.57. The lowest BCUT2D eigenvalue weighted by Crippen LogP contribution is -2.48. The molecule has 1 saturated heterocycles. The van der Waals surface area contributed by atoms with E-state index in [9.17, 15) is 4.79 Å². The van der Waals surface area contributed by atoms with Crippen LogP contribution >= 0.6 is 11.3 Å². The Labute approximate surface area is 176 Å². The molecule has 0 saturated carbocycles.